The Labute approximate surface area is 184 Å². The molecule has 0 saturated carbocycles. The van der Waals surface area contributed by atoms with Gasteiger partial charge in [0.25, 0.3) is 0 Å². The van der Waals surface area contributed by atoms with E-state index in [0.717, 1.165) is 29.5 Å². The minimum Gasteiger partial charge on any atom is -0.341 e. The van der Waals surface area contributed by atoms with E-state index >= 15 is 0 Å². The van der Waals surface area contributed by atoms with E-state index in [-0.39, 0.29) is 18.6 Å². The first-order valence-electron chi connectivity index (χ1n) is 10.6. The lowest BCUT2D eigenvalue weighted by molar-refractivity contribution is -0.132. The minimum atomic E-state index is -0.304. The van der Waals surface area contributed by atoms with Crippen molar-refractivity contribution in [1.29, 1.82) is 0 Å². The molecular formula is C26H29N3O2. The Morgan fingerprint density at radius 1 is 0.774 bits per heavy atom. The maximum absolute atomic E-state index is 12.9. The van der Waals surface area contributed by atoms with Crippen LogP contribution in [0.1, 0.15) is 24.0 Å². The van der Waals surface area contributed by atoms with Crippen LogP contribution in [0.4, 0.5) is 4.79 Å². The molecule has 5 nitrogen and oxygen atoms in total. The molecule has 0 fully saturated rings. The Hall–Kier alpha value is -3.60. The highest BCUT2D eigenvalue weighted by Gasteiger charge is 2.15. The van der Waals surface area contributed by atoms with Gasteiger partial charge < -0.3 is 15.5 Å². The monoisotopic (exact) mass is 415 g/mol. The zero-order valence-corrected chi connectivity index (χ0v) is 17.9. The number of amides is 3. The number of hydrogen-bond acceptors (Lipinski definition) is 2. The maximum atomic E-state index is 12.9. The van der Waals surface area contributed by atoms with Gasteiger partial charge in [-0.05, 0) is 35.1 Å². The topological polar surface area (TPSA) is 61.4 Å². The number of rotatable bonds is 9. The van der Waals surface area contributed by atoms with Crippen LogP contribution >= 0.6 is 0 Å². The predicted octanol–water partition coefficient (Wildman–Crippen LogP) is 4.59. The van der Waals surface area contributed by atoms with Gasteiger partial charge in [0.05, 0.1) is 6.67 Å². The number of urea groups is 1. The molecule has 31 heavy (non-hydrogen) atoms. The van der Waals surface area contributed by atoms with Crippen molar-refractivity contribution in [3.8, 4) is 11.1 Å². The van der Waals surface area contributed by atoms with E-state index in [0.29, 0.717) is 13.0 Å². The Kier molecular flexibility index (Phi) is 8.23. The number of nitrogens with one attached hydrogen (secondary N) is 2. The van der Waals surface area contributed by atoms with Gasteiger partial charge in [-0.3, -0.25) is 4.79 Å². The van der Waals surface area contributed by atoms with Crippen LogP contribution in [0.15, 0.2) is 84.9 Å². The third-order valence-electron chi connectivity index (χ3n) is 5.14. The first-order chi connectivity index (χ1) is 15.2. The van der Waals surface area contributed by atoms with Crippen LogP contribution in [0.5, 0.6) is 0 Å². The van der Waals surface area contributed by atoms with E-state index < -0.39 is 0 Å². The van der Waals surface area contributed by atoms with E-state index in [1.54, 1.807) is 11.9 Å². The number of hydrogen-bond donors (Lipinski definition) is 2. The molecule has 3 aromatic carbocycles. The Morgan fingerprint density at radius 3 is 2.03 bits per heavy atom. The second kappa shape index (κ2) is 11.6. The summed E-state index contributed by atoms with van der Waals surface area (Å²) in [6, 6.07) is 28.2. The van der Waals surface area contributed by atoms with Gasteiger partial charge in [0.2, 0.25) is 5.91 Å². The van der Waals surface area contributed by atoms with Crippen molar-refractivity contribution in [3.63, 3.8) is 0 Å². The zero-order valence-electron chi connectivity index (χ0n) is 17.9. The van der Waals surface area contributed by atoms with Gasteiger partial charge in [-0.15, -0.1) is 0 Å². The number of benzene rings is 3. The Balaban J connectivity index is 1.62. The molecule has 3 rings (SSSR count). The fourth-order valence-corrected chi connectivity index (χ4v) is 3.39. The first-order valence-corrected chi connectivity index (χ1v) is 10.6. The van der Waals surface area contributed by atoms with E-state index in [1.807, 2.05) is 48.5 Å². The SMILES string of the molecule is CNC(=O)NCN(Cc1ccc(-c2ccccc2)cc1)C(=O)CCCc1ccccc1. The molecule has 0 bridgehead atoms. The summed E-state index contributed by atoms with van der Waals surface area (Å²) in [5.74, 6) is 0.0273. The normalized spacial score (nSPS) is 10.4. The zero-order chi connectivity index (χ0) is 21.9. The van der Waals surface area contributed by atoms with Crippen LogP contribution in [0.3, 0.4) is 0 Å². The van der Waals surface area contributed by atoms with Crippen LogP contribution in [0.25, 0.3) is 11.1 Å². The molecule has 0 atom stereocenters. The summed E-state index contributed by atoms with van der Waals surface area (Å²) in [6.45, 7) is 0.619. The quantitative estimate of drug-likeness (QED) is 0.502. The summed E-state index contributed by atoms with van der Waals surface area (Å²) < 4.78 is 0. The van der Waals surface area contributed by atoms with Crippen LogP contribution in [0, 0.1) is 0 Å². The first kappa shape index (κ1) is 22.1. The lowest BCUT2D eigenvalue weighted by atomic mass is 10.0. The standard InChI is InChI=1S/C26H29N3O2/c1-27-26(31)28-20-29(25(30)14-8-11-21-9-4-2-5-10-21)19-22-15-17-24(18-16-22)23-12-6-3-7-13-23/h2-7,9-10,12-13,15-18H,8,11,14,19-20H2,1H3,(H2,27,28,31). The predicted molar refractivity (Wildman–Crippen MR) is 124 cm³/mol. The van der Waals surface area contributed by atoms with Crippen molar-refractivity contribution in [1.82, 2.24) is 15.5 Å². The van der Waals surface area contributed by atoms with Gasteiger partial charge in [0.1, 0.15) is 0 Å². The Morgan fingerprint density at radius 2 is 1.39 bits per heavy atom. The lowest BCUT2D eigenvalue weighted by Crippen LogP contribution is -2.43. The number of carbonyl (C=O) groups excluding carboxylic acids is 2. The molecule has 3 aromatic rings. The average Bonchev–Trinajstić information content (AvgIpc) is 2.83. The summed E-state index contributed by atoms with van der Waals surface area (Å²) in [5, 5.41) is 5.26. The molecule has 0 aliphatic rings. The number of carbonyl (C=O) groups is 2. The third-order valence-corrected chi connectivity index (χ3v) is 5.14. The van der Waals surface area contributed by atoms with Gasteiger partial charge in [0, 0.05) is 20.0 Å². The number of aryl methyl sites for hydroxylation is 1. The fraction of sp³-hybridized carbons (Fsp3) is 0.231. The van der Waals surface area contributed by atoms with Crippen molar-refractivity contribution in [2.75, 3.05) is 13.7 Å². The van der Waals surface area contributed by atoms with Gasteiger partial charge in [-0.1, -0.05) is 84.9 Å². The van der Waals surface area contributed by atoms with Gasteiger partial charge in [-0.25, -0.2) is 4.79 Å². The van der Waals surface area contributed by atoms with Crippen molar-refractivity contribution in [2.45, 2.75) is 25.8 Å². The minimum absolute atomic E-state index is 0.0273. The van der Waals surface area contributed by atoms with E-state index in [4.69, 9.17) is 0 Å². The van der Waals surface area contributed by atoms with Crippen LogP contribution in [0.2, 0.25) is 0 Å². The molecular weight excluding hydrogens is 386 g/mol. The fourth-order valence-electron chi connectivity index (χ4n) is 3.39. The molecule has 2 N–H and O–H groups in total. The lowest BCUT2D eigenvalue weighted by Gasteiger charge is -2.23. The van der Waals surface area contributed by atoms with Gasteiger partial charge >= 0.3 is 6.03 Å². The van der Waals surface area contributed by atoms with E-state index in [1.165, 1.54) is 5.56 Å². The highest BCUT2D eigenvalue weighted by atomic mass is 16.2. The molecule has 0 aliphatic heterocycles. The third kappa shape index (κ3) is 7.00. The highest BCUT2D eigenvalue weighted by molar-refractivity contribution is 5.78. The van der Waals surface area contributed by atoms with E-state index in [2.05, 4.69) is 47.0 Å². The smallest absolute Gasteiger partial charge is 0.315 e. The van der Waals surface area contributed by atoms with Gasteiger partial charge in [0.15, 0.2) is 0 Å². The van der Waals surface area contributed by atoms with Crippen molar-refractivity contribution >= 4 is 11.9 Å². The number of nitrogens with zero attached hydrogens (tertiary/aromatic N) is 1. The molecule has 0 heterocycles. The second-order valence-corrected chi connectivity index (χ2v) is 7.41. The molecule has 160 valence electrons. The Bertz CT molecular complexity index is 957. The molecule has 5 heteroatoms. The molecule has 0 spiro atoms. The summed E-state index contributed by atoms with van der Waals surface area (Å²) in [6.07, 6.45) is 2.06. The molecule has 0 aromatic heterocycles. The van der Waals surface area contributed by atoms with Crippen LogP contribution in [-0.2, 0) is 17.8 Å². The molecule has 0 saturated heterocycles. The molecule has 0 radical (unpaired) electrons. The van der Waals surface area contributed by atoms with Crippen molar-refractivity contribution in [3.05, 3.63) is 96.1 Å². The largest absolute Gasteiger partial charge is 0.341 e. The van der Waals surface area contributed by atoms with Gasteiger partial charge in [-0.2, -0.15) is 0 Å². The summed E-state index contributed by atoms with van der Waals surface area (Å²) in [5.41, 5.74) is 4.54. The molecule has 0 unspecified atom stereocenters. The van der Waals surface area contributed by atoms with Crippen LogP contribution in [-0.4, -0.2) is 30.6 Å². The average molecular weight is 416 g/mol. The highest BCUT2D eigenvalue weighted by Crippen LogP contribution is 2.20. The van der Waals surface area contributed by atoms with Crippen molar-refractivity contribution < 1.29 is 9.59 Å². The summed E-state index contributed by atoms with van der Waals surface area (Å²) >= 11 is 0. The molecule has 0 aliphatic carbocycles. The maximum Gasteiger partial charge on any atom is 0.315 e. The second-order valence-electron chi connectivity index (χ2n) is 7.41. The van der Waals surface area contributed by atoms with E-state index in [9.17, 15) is 9.59 Å². The van der Waals surface area contributed by atoms with Crippen LogP contribution < -0.4 is 10.6 Å². The van der Waals surface area contributed by atoms with Crippen molar-refractivity contribution in [2.24, 2.45) is 0 Å². The summed E-state index contributed by atoms with van der Waals surface area (Å²) in [4.78, 5) is 26.2. The summed E-state index contributed by atoms with van der Waals surface area (Å²) in [7, 11) is 1.56. The molecule has 3 amide bonds.